The predicted molar refractivity (Wildman–Crippen MR) is 133 cm³/mol. The van der Waals surface area contributed by atoms with E-state index < -0.39 is 18.0 Å². The average Bonchev–Trinajstić information content (AvgIpc) is 3.53. The van der Waals surface area contributed by atoms with Gasteiger partial charge in [-0.15, -0.1) is 0 Å². The van der Waals surface area contributed by atoms with Gasteiger partial charge in [-0.1, -0.05) is 0 Å². The first-order valence-electron chi connectivity index (χ1n) is 12.3. The number of nitrogens with zero attached hydrogens (tertiary/aromatic N) is 6. The Balaban J connectivity index is 1.38. The minimum Gasteiger partial charge on any atom is -0.488 e. The summed E-state index contributed by atoms with van der Waals surface area (Å²) in [6.45, 7) is -0.220. The highest BCUT2D eigenvalue weighted by Crippen LogP contribution is 2.39. The van der Waals surface area contributed by atoms with Crippen LogP contribution in [0.3, 0.4) is 0 Å². The van der Waals surface area contributed by atoms with Gasteiger partial charge in [-0.25, -0.2) is 9.97 Å². The summed E-state index contributed by atoms with van der Waals surface area (Å²) in [5.74, 6) is 0.434. The molecule has 0 amide bonds. The quantitative estimate of drug-likeness (QED) is 0.315. The second kappa shape index (κ2) is 10.6. The number of hydrogen-bond donors (Lipinski definition) is 3. The molecule has 1 aliphatic rings. The molecule has 202 valence electrons. The van der Waals surface area contributed by atoms with Crippen molar-refractivity contribution < 1.29 is 28.1 Å². The van der Waals surface area contributed by atoms with E-state index in [0.717, 1.165) is 22.7 Å². The molecule has 1 saturated carbocycles. The first-order valence-corrected chi connectivity index (χ1v) is 12.3. The summed E-state index contributed by atoms with van der Waals surface area (Å²) in [7, 11) is 1.78. The normalized spacial score (nSPS) is 19.0. The summed E-state index contributed by atoms with van der Waals surface area (Å²) in [5.41, 5.74) is 1.29. The van der Waals surface area contributed by atoms with Crippen LogP contribution in [0.4, 0.5) is 19.0 Å². The van der Waals surface area contributed by atoms with E-state index in [1.807, 2.05) is 10.7 Å². The van der Waals surface area contributed by atoms with Crippen LogP contribution in [0.15, 0.2) is 43.0 Å². The Labute approximate surface area is 216 Å². The van der Waals surface area contributed by atoms with E-state index in [0.29, 0.717) is 37.2 Å². The number of halogens is 3. The zero-order valence-corrected chi connectivity index (χ0v) is 20.6. The van der Waals surface area contributed by atoms with E-state index in [-0.39, 0.29) is 31.0 Å². The molecule has 5 rings (SSSR count). The maximum absolute atomic E-state index is 13.3. The zero-order chi connectivity index (χ0) is 26.9. The SMILES string of the molecule is CNc1cc2c(cn1)c(-c1cnn(C[C@@H](O)CO)c1)nn2C1CCC(Oc2cccnc2C(F)(F)F)CC1. The third-order valence-corrected chi connectivity index (χ3v) is 6.69. The molecular weight excluding hydrogens is 503 g/mol. The highest BCUT2D eigenvalue weighted by molar-refractivity contribution is 5.93. The molecular formula is C25H28F3N7O3. The van der Waals surface area contributed by atoms with E-state index in [1.54, 1.807) is 30.3 Å². The fourth-order valence-corrected chi connectivity index (χ4v) is 4.81. The molecule has 0 spiro atoms. The van der Waals surface area contributed by atoms with Gasteiger partial charge in [0.05, 0.1) is 43.1 Å². The van der Waals surface area contributed by atoms with Gasteiger partial charge in [-0.05, 0) is 37.8 Å². The monoisotopic (exact) mass is 531 g/mol. The molecule has 0 aliphatic heterocycles. The van der Waals surface area contributed by atoms with Crippen LogP contribution in [0.5, 0.6) is 5.75 Å². The topological polar surface area (TPSA) is 123 Å². The Morgan fingerprint density at radius 1 is 1.18 bits per heavy atom. The van der Waals surface area contributed by atoms with Crippen LogP contribution in [0, 0.1) is 0 Å². The van der Waals surface area contributed by atoms with Crippen molar-refractivity contribution in [2.75, 3.05) is 19.0 Å². The summed E-state index contributed by atoms with van der Waals surface area (Å²) in [5, 5.41) is 31.9. The molecule has 1 atom stereocenters. The zero-order valence-electron chi connectivity index (χ0n) is 20.6. The van der Waals surface area contributed by atoms with Crippen molar-refractivity contribution in [3.8, 4) is 17.0 Å². The predicted octanol–water partition coefficient (Wildman–Crippen LogP) is 3.67. The van der Waals surface area contributed by atoms with E-state index in [4.69, 9.17) is 14.9 Å². The lowest BCUT2D eigenvalue weighted by atomic mass is 9.93. The second-order valence-electron chi connectivity index (χ2n) is 9.31. The molecule has 4 aromatic heterocycles. The van der Waals surface area contributed by atoms with Crippen LogP contribution >= 0.6 is 0 Å². The summed E-state index contributed by atoms with van der Waals surface area (Å²) >= 11 is 0. The minimum atomic E-state index is -4.58. The van der Waals surface area contributed by atoms with Crippen molar-refractivity contribution >= 4 is 16.7 Å². The van der Waals surface area contributed by atoms with Gasteiger partial charge >= 0.3 is 6.18 Å². The number of fused-ring (bicyclic) bond motifs is 1. The lowest BCUT2D eigenvalue weighted by Crippen LogP contribution is -2.27. The average molecular weight is 532 g/mol. The van der Waals surface area contributed by atoms with Crippen LogP contribution in [0.1, 0.15) is 37.4 Å². The maximum Gasteiger partial charge on any atom is 0.437 e. The van der Waals surface area contributed by atoms with Crippen LogP contribution < -0.4 is 10.1 Å². The molecule has 1 aliphatic carbocycles. The van der Waals surface area contributed by atoms with E-state index >= 15 is 0 Å². The molecule has 13 heteroatoms. The van der Waals surface area contributed by atoms with E-state index in [2.05, 4.69) is 20.4 Å². The number of hydrogen-bond acceptors (Lipinski definition) is 8. The summed E-state index contributed by atoms with van der Waals surface area (Å²) in [6, 6.07) is 4.68. The van der Waals surface area contributed by atoms with Crippen molar-refractivity contribution in [2.45, 2.75) is 56.7 Å². The molecule has 0 unspecified atom stereocenters. The Hall–Kier alpha value is -3.71. The third kappa shape index (κ3) is 5.29. The highest BCUT2D eigenvalue weighted by Gasteiger charge is 2.37. The Morgan fingerprint density at radius 3 is 2.68 bits per heavy atom. The summed E-state index contributed by atoms with van der Waals surface area (Å²) in [4.78, 5) is 7.92. The largest absolute Gasteiger partial charge is 0.488 e. The number of aliphatic hydroxyl groups is 2. The van der Waals surface area contributed by atoms with Gasteiger partial charge in [-0.2, -0.15) is 23.4 Å². The van der Waals surface area contributed by atoms with Gasteiger partial charge in [0.15, 0.2) is 11.4 Å². The maximum atomic E-state index is 13.3. The number of aromatic nitrogens is 6. The molecule has 4 heterocycles. The van der Waals surface area contributed by atoms with Crippen molar-refractivity contribution in [3.05, 3.63) is 48.7 Å². The van der Waals surface area contributed by atoms with Crippen molar-refractivity contribution in [2.24, 2.45) is 0 Å². The summed E-state index contributed by atoms with van der Waals surface area (Å²) in [6.07, 6.45) is 2.87. The van der Waals surface area contributed by atoms with Crippen molar-refractivity contribution in [1.29, 1.82) is 0 Å². The van der Waals surface area contributed by atoms with Crippen LogP contribution in [0.25, 0.3) is 22.2 Å². The first kappa shape index (κ1) is 25.9. The molecule has 38 heavy (non-hydrogen) atoms. The molecule has 0 saturated heterocycles. The molecule has 1 fully saturated rings. The first-order chi connectivity index (χ1) is 18.3. The van der Waals surface area contributed by atoms with Crippen molar-refractivity contribution in [3.63, 3.8) is 0 Å². The fourth-order valence-electron chi connectivity index (χ4n) is 4.81. The van der Waals surface area contributed by atoms with E-state index in [1.165, 1.54) is 12.1 Å². The Bertz CT molecular complexity index is 1400. The molecule has 3 N–H and O–H groups in total. The minimum absolute atomic E-state index is 0.0143. The highest BCUT2D eigenvalue weighted by atomic mass is 19.4. The number of alkyl halides is 3. The van der Waals surface area contributed by atoms with Crippen molar-refractivity contribution in [1.82, 2.24) is 29.5 Å². The van der Waals surface area contributed by atoms with E-state index in [9.17, 15) is 18.3 Å². The number of anilines is 1. The van der Waals surface area contributed by atoms with Crippen LogP contribution in [-0.2, 0) is 12.7 Å². The summed E-state index contributed by atoms with van der Waals surface area (Å²) < 4.78 is 49.2. The number of aliphatic hydroxyl groups excluding tert-OH is 2. The Morgan fingerprint density at radius 2 is 1.97 bits per heavy atom. The van der Waals surface area contributed by atoms with Crippen LogP contribution in [-0.4, -0.2) is 65.6 Å². The number of ether oxygens (including phenoxy) is 1. The van der Waals surface area contributed by atoms with Crippen LogP contribution in [0.2, 0.25) is 0 Å². The van der Waals surface area contributed by atoms with Gasteiger partial charge in [0.2, 0.25) is 0 Å². The molecule has 0 radical (unpaired) electrons. The number of nitrogens with one attached hydrogen (secondary N) is 1. The van der Waals surface area contributed by atoms with Gasteiger partial charge in [0.1, 0.15) is 11.5 Å². The fraction of sp³-hybridized carbons (Fsp3) is 0.440. The van der Waals surface area contributed by atoms with Gasteiger partial charge < -0.3 is 20.3 Å². The standard InChI is InChI=1S/C25H28F3N7O3/c1-29-22-9-20-19(11-31-22)23(15-10-32-34(12-15)13-17(37)14-36)33-35(20)16-4-6-18(7-5-16)38-21-3-2-8-30-24(21)25(26,27)28/h2-3,8-12,16-18,36-37H,4-7,13-14H2,1H3,(H,29,31)/t16?,17-,18?/m1/s1. The molecule has 0 bridgehead atoms. The lowest BCUT2D eigenvalue weighted by Gasteiger charge is -2.30. The number of pyridine rings is 2. The third-order valence-electron chi connectivity index (χ3n) is 6.69. The lowest BCUT2D eigenvalue weighted by molar-refractivity contribution is -0.143. The van der Waals surface area contributed by atoms with Gasteiger partial charge in [0, 0.05) is 42.7 Å². The van der Waals surface area contributed by atoms with Gasteiger partial charge in [-0.3, -0.25) is 9.36 Å². The second-order valence-corrected chi connectivity index (χ2v) is 9.31. The van der Waals surface area contributed by atoms with Gasteiger partial charge in [0.25, 0.3) is 0 Å². The Kier molecular flexibility index (Phi) is 7.21. The smallest absolute Gasteiger partial charge is 0.437 e. The number of rotatable bonds is 8. The molecule has 0 aromatic carbocycles. The molecule has 4 aromatic rings. The molecule has 10 nitrogen and oxygen atoms in total.